The Morgan fingerprint density at radius 2 is 2.33 bits per heavy atom. The average Bonchev–Trinajstić information content (AvgIpc) is 2.37. The fourth-order valence-electron chi connectivity index (χ4n) is 1.96. The summed E-state index contributed by atoms with van der Waals surface area (Å²) in [6, 6.07) is 7.21. The number of nitriles is 1. The van der Waals surface area contributed by atoms with Gasteiger partial charge in [0.15, 0.2) is 0 Å². The summed E-state index contributed by atoms with van der Waals surface area (Å²) < 4.78 is 5.00. The highest BCUT2D eigenvalue weighted by atomic mass is 16.6. The molecule has 1 atom stereocenters. The molecule has 0 spiro atoms. The molecule has 1 aliphatic rings. The fraction of sp³-hybridized carbons (Fsp3) is 0.286. The minimum absolute atomic E-state index is 0.290. The summed E-state index contributed by atoms with van der Waals surface area (Å²) in [6.07, 6.45) is 3.09. The average molecular weight is 242 g/mol. The van der Waals surface area contributed by atoms with Gasteiger partial charge in [-0.1, -0.05) is 17.7 Å². The minimum Gasteiger partial charge on any atom is -0.449 e. The van der Waals surface area contributed by atoms with E-state index in [4.69, 9.17) is 10.00 Å². The van der Waals surface area contributed by atoms with Crippen LogP contribution in [0.25, 0.3) is 6.08 Å². The highest BCUT2D eigenvalue weighted by molar-refractivity contribution is 5.94. The van der Waals surface area contributed by atoms with Crippen LogP contribution in [-0.2, 0) is 4.74 Å². The lowest BCUT2D eigenvalue weighted by atomic mass is 10.0. The summed E-state index contributed by atoms with van der Waals surface area (Å²) in [7, 11) is 0. The number of aryl methyl sites for hydroxylation is 1. The van der Waals surface area contributed by atoms with E-state index in [1.54, 1.807) is 13.0 Å². The molecule has 1 unspecified atom stereocenters. The number of nitrogens with zero attached hydrogens (tertiary/aromatic N) is 2. The predicted octanol–water partition coefficient (Wildman–Crippen LogP) is 2.88. The second-order valence-electron chi connectivity index (χ2n) is 4.06. The van der Waals surface area contributed by atoms with Crippen LogP contribution in [0.2, 0.25) is 0 Å². The van der Waals surface area contributed by atoms with E-state index in [1.165, 1.54) is 4.90 Å². The number of amides is 1. The van der Waals surface area contributed by atoms with E-state index >= 15 is 0 Å². The van der Waals surface area contributed by atoms with Crippen molar-refractivity contribution in [3.05, 3.63) is 35.4 Å². The van der Waals surface area contributed by atoms with Gasteiger partial charge in [-0.2, -0.15) is 5.26 Å². The predicted molar refractivity (Wildman–Crippen MR) is 69.1 cm³/mol. The van der Waals surface area contributed by atoms with E-state index < -0.39 is 12.1 Å². The number of benzene rings is 1. The summed E-state index contributed by atoms with van der Waals surface area (Å²) in [5, 5.41) is 9.11. The summed E-state index contributed by atoms with van der Waals surface area (Å²) in [5.41, 5.74) is 2.75. The number of carbonyl (C=O) groups excluding carboxylic acids is 1. The van der Waals surface area contributed by atoms with Crippen LogP contribution >= 0.6 is 0 Å². The summed E-state index contributed by atoms with van der Waals surface area (Å²) in [5.74, 6) is 0. The number of fused-ring (bicyclic) bond motifs is 1. The molecule has 1 aliphatic heterocycles. The van der Waals surface area contributed by atoms with E-state index in [1.807, 2.05) is 31.2 Å². The first-order valence-electron chi connectivity index (χ1n) is 5.82. The van der Waals surface area contributed by atoms with Gasteiger partial charge in [-0.05, 0) is 37.6 Å². The van der Waals surface area contributed by atoms with Crippen molar-refractivity contribution in [3.8, 4) is 6.07 Å². The first-order chi connectivity index (χ1) is 8.67. The molecule has 1 aromatic carbocycles. The molecule has 2 rings (SSSR count). The van der Waals surface area contributed by atoms with E-state index in [0.29, 0.717) is 12.3 Å². The first-order valence-corrected chi connectivity index (χ1v) is 5.82. The molecule has 1 aromatic rings. The van der Waals surface area contributed by atoms with Crippen LogP contribution in [-0.4, -0.2) is 18.7 Å². The molecule has 0 fully saturated rings. The lowest BCUT2D eigenvalue weighted by Gasteiger charge is -2.29. The van der Waals surface area contributed by atoms with Gasteiger partial charge < -0.3 is 4.74 Å². The number of hydrogen-bond donors (Lipinski definition) is 0. The van der Waals surface area contributed by atoms with Crippen molar-refractivity contribution in [1.29, 1.82) is 5.26 Å². The molecule has 4 heteroatoms. The Balaban J connectivity index is 2.46. The van der Waals surface area contributed by atoms with Crippen LogP contribution in [0.4, 0.5) is 10.5 Å². The largest absolute Gasteiger partial charge is 0.449 e. The Kier molecular flexibility index (Phi) is 3.33. The first kappa shape index (κ1) is 12.2. The number of anilines is 1. The molecule has 0 aromatic heterocycles. The van der Waals surface area contributed by atoms with Crippen molar-refractivity contribution in [2.24, 2.45) is 0 Å². The molecule has 0 N–H and O–H groups in total. The van der Waals surface area contributed by atoms with E-state index in [2.05, 4.69) is 6.07 Å². The van der Waals surface area contributed by atoms with Gasteiger partial charge in [0.05, 0.1) is 18.4 Å². The lowest BCUT2D eigenvalue weighted by Crippen LogP contribution is -2.40. The fourth-order valence-corrected chi connectivity index (χ4v) is 1.96. The Bertz CT molecular complexity index is 543. The molecule has 4 nitrogen and oxygen atoms in total. The molecule has 0 saturated carbocycles. The van der Waals surface area contributed by atoms with Gasteiger partial charge in [-0.25, -0.2) is 4.79 Å². The summed E-state index contributed by atoms with van der Waals surface area (Å²) >= 11 is 0. The normalized spacial score (nSPS) is 16.9. The van der Waals surface area contributed by atoms with Gasteiger partial charge in [0.2, 0.25) is 0 Å². The Morgan fingerprint density at radius 1 is 1.56 bits per heavy atom. The van der Waals surface area contributed by atoms with Crippen LogP contribution in [0.15, 0.2) is 24.3 Å². The van der Waals surface area contributed by atoms with Crippen molar-refractivity contribution in [2.75, 3.05) is 11.5 Å². The number of ether oxygens (including phenoxy) is 1. The highest BCUT2D eigenvalue weighted by Gasteiger charge is 2.28. The van der Waals surface area contributed by atoms with Gasteiger partial charge in [-0.3, -0.25) is 4.90 Å². The minimum atomic E-state index is -0.612. The zero-order chi connectivity index (χ0) is 13.1. The van der Waals surface area contributed by atoms with Crippen LogP contribution in [0.1, 0.15) is 18.1 Å². The van der Waals surface area contributed by atoms with Crippen molar-refractivity contribution in [1.82, 2.24) is 0 Å². The number of carbonyl (C=O) groups is 1. The van der Waals surface area contributed by atoms with Gasteiger partial charge in [-0.15, -0.1) is 0 Å². The van der Waals surface area contributed by atoms with Gasteiger partial charge in [0.25, 0.3) is 0 Å². The molecule has 0 saturated heterocycles. The van der Waals surface area contributed by atoms with Crippen LogP contribution in [0.3, 0.4) is 0 Å². The second-order valence-corrected chi connectivity index (χ2v) is 4.06. The third kappa shape index (κ3) is 2.07. The zero-order valence-corrected chi connectivity index (χ0v) is 10.4. The highest BCUT2D eigenvalue weighted by Crippen LogP contribution is 2.30. The maximum absolute atomic E-state index is 11.9. The monoisotopic (exact) mass is 242 g/mol. The van der Waals surface area contributed by atoms with Crippen molar-refractivity contribution in [2.45, 2.75) is 19.9 Å². The standard InChI is InChI=1S/C14H14N2O2/c1-3-18-14(17)16-12(9-15)6-5-11-8-10(2)4-7-13(11)16/h4-8,12H,3H2,1-2H3. The molecule has 0 bridgehead atoms. The molecule has 1 amide bonds. The quantitative estimate of drug-likeness (QED) is 0.760. The summed E-state index contributed by atoms with van der Waals surface area (Å²) in [6.45, 7) is 4.02. The molecule has 92 valence electrons. The van der Waals surface area contributed by atoms with Crippen LogP contribution in [0, 0.1) is 18.3 Å². The topological polar surface area (TPSA) is 53.3 Å². The Hall–Kier alpha value is -2.28. The SMILES string of the molecule is CCOC(=O)N1c2ccc(C)cc2C=CC1C#N. The maximum Gasteiger partial charge on any atom is 0.415 e. The molecular formula is C14H14N2O2. The van der Waals surface area contributed by atoms with Crippen LogP contribution in [0.5, 0.6) is 0 Å². The Morgan fingerprint density at radius 3 is 3.00 bits per heavy atom. The third-order valence-electron chi connectivity index (χ3n) is 2.78. The number of rotatable bonds is 1. The van der Waals surface area contributed by atoms with E-state index in [0.717, 1.165) is 11.1 Å². The number of hydrogen-bond acceptors (Lipinski definition) is 3. The third-order valence-corrected chi connectivity index (χ3v) is 2.78. The zero-order valence-electron chi connectivity index (χ0n) is 10.4. The second kappa shape index (κ2) is 4.92. The maximum atomic E-state index is 11.9. The van der Waals surface area contributed by atoms with E-state index in [-0.39, 0.29) is 0 Å². The molecule has 1 heterocycles. The van der Waals surface area contributed by atoms with Gasteiger partial charge in [0.1, 0.15) is 6.04 Å². The molecule has 0 radical (unpaired) electrons. The van der Waals surface area contributed by atoms with Crippen molar-refractivity contribution in [3.63, 3.8) is 0 Å². The van der Waals surface area contributed by atoms with Gasteiger partial charge >= 0.3 is 6.09 Å². The summed E-state index contributed by atoms with van der Waals surface area (Å²) in [4.78, 5) is 13.3. The van der Waals surface area contributed by atoms with Crippen molar-refractivity contribution >= 4 is 17.9 Å². The Labute approximate surface area is 106 Å². The smallest absolute Gasteiger partial charge is 0.415 e. The van der Waals surface area contributed by atoms with E-state index in [9.17, 15) is 4.79 Å². The molecule has 18 heavy (non-hydrogen) atoms. The van der Waals surface area contributed by atoms with Crippen LogP contribution < -0.4 is 4.90 Å². The van der Waals surface area contributed by atoms with Crippen molar-refractivity contribution < 1.29 is 9.53 Å². The van der Waals surface area contributed by atoms with Gasteiger partial charge in [0, 0.05) is 0 Å². The molecule has 0 aliphatic carbocycles. The molecular weight excluding hydrogens is 228 g/mol. The lowest BCUT2D eigenvalue weighted by molar-refractivity contribution is 0.159.